The largest absolute Gasteiger partial charge is 0.496 e. The summed E-state index contributed by atoms with van der Waals surface area (Å²) in [6.45, 7) is 4.05. The molecule has 0 radical (unpaired) electrons. The number of nitrogens with two attached hydrogens (primary N) is 1. The second kappa shape index (κ2) is 5.43. The first-order valence-corrected chi connectivity index (χ1v) is 6.33. The molecule has 96 valence electrons. The lowest BCUT2D eigenvalue weighted by Crippen LogP contribution is -2.28. The van der Waals surface area contributed by atoms with E-state index in [0.29, 0.717) is 0 Å². The maximum absolute atomic E-state index is 5.66. The minimum Gasteiger partial charge on any atom is -0.496 e. The molecular formula is C12H16N4OS. The molecule has 1 atom stereocenters. The van der Waals surface area contributed by atoms with Gasteiger partial charge in [0.25, 0.3) is 0 Å². The zero-order valence-electron chi connectivity index (χ0n) is 10.6. The molecule has 6 heteroatoms. The van der Waals surface area contributed by atoms with Crippen molar-refractivity contribution in [2.45, 2.75) is 19.9 Å². The molecule has 1 heterocycles. The number of benzene rings is 1. The van der Waals surface area contributed by atoms with Crippen molar-refractivity contribution in [3.63, 3.8) is 0 Å². The van der Waals surface area contributed by atoms with Crippen molar-refractivity contribution in [2.24, 2.45) is 5.84 Å². The number of ether oxygens (including phenoxy) is 1. The van der Waals surface area contributed by atoms with Crippen molar-refractivity contribution >= 4 is 11.5 Å². The van der Waals surface area contributed by atoms with Gasteiger partial charge in [-0.2, -0.15) is 0 Å². The van der Waals surface area contributed by atoms with Gasteiger partial charge in [-0.1, -0.05) is 10.6 Å². The van der Waals surface area contributed by atoms with Gasteiger partial charge in [0, 0.05) is 0 Å². The number of hydrogen-bond acceptors (Lipinski definition) is 6. The van der Waals surface area contributed by atoms with Crippen molar-refractivity contribution in [2.75, 3.05) is 7.11 Å². The molecule has 0 saturated carbocycles. The van der Waals surface area contributed by atoms with Gasteiger partial charge in [-0.25, -0.2) is 5.43 Å². The van der Waals surface area contributed by atoms with Crippen LogP contribution in [0, 0.1) is 13.8 Å². The number of aryl methyl sites for hydroxylation is 2. The van der Waals surface area contributed by atoms with Crippen LogP contribution >= 0.6 is 11.5 Å². The zero-order chi connectivity index (χ0) is 13.1. The van der Waals surface area contributed by atoms with E-state index in [9.17, 15) is 0 Å². The molecule has 0 amide bonds. The van der Waals surface area contributed by atoms with Crippen LogP contribution in [-0.2, 0) is 0 Å². The first kappa shape index (κ1) is 12.9. The van der Waals surface area contributed by atoms with Crippen LogP contribution in [0.25, 0.3) is 0 Å². The molecular weight excluding hydrogens is 248 g/mol. The highest BCUT2D eigenvalue weighted by molar-refractivity contribution is 7.05. The first-order valence-electron chi connectivity index (χ1n) is 5.56. The SMILES string of the molecule is COc1cc(C)c(C(NN)c2cnns2)cc1C. The van der Waals surface area contributed by atoms with Gasteiger partial charge in [0.2, 0.25) is 0 Å². The van der Waals surface area contributed by atoms with Crippen molar-refractivity contribution < 1.29 is 4.74 Å². The van der Waals surface area contributed by atoms with Crippen molar-refractivity contribution in [1.82, 2.24) is 15.0 Å². The Balaban J connectivity index is 2.46. The molecule has 1 aromatic heterocycles. The number of hydrogen-bond donors (Lipinski definition) is 2. The molecule has 3 N–H and O–H groups in total. The lowest BCUT2D eigenvalue weighted by Gasteiger charge is -2.18. The van der Waals surface area contributed by atoms with E-state index in [1.165, 1.54) is 11.5 Å². The second-order valence-electron chi connectivity index (χ2n) is 4.10. The van der Waals surface area contributed by atoms with Crippen molar-refractivity contribution in [1.29, 1.82) is 0 Å². The fourth-order valence-corrected chi connectivity index (χ4v) is 2.55. The molecule has 2 aromatic rings. The highest BCUT2D eigenvalue weighted by Gasteiger charge is 2.18. The Kier molecular flexibility index (Phi) is 3.90. The number of nitrogens with one attached hydrogen (secondary N) is 1. The Morgan fingerprint density at radius 1 is 1.33 bits per heavy atom. The zero-order valence-corrected chi connectivity index (χ0v) is 11.4. The molecule has 0 saturated heterocycles. The van der Waals surface area contributed by atoms with Gasteiger partial charge < -0.3 is 4.74 Å². The standard InChI is InChI=1S/C12H16N4OS/c1-7-5-10(17-3)8(2)4-9(7)12(15-13)11-6-14-16-18-11/h4-6,12,15H,13H2,1-3H3. The number of methoxy groups -OCH3 is 1. The van der Waals surface area contributed by atoms with Crippen LogP contribution in [-0.4, -0.2) is 16.7 Å². The average molecular weight is 264 g/mol. The molecule has 2 rings (SSSR count). The van der Waals surface area contributed by atoms with Crippen molar-refractivity contribution in [3.05, 3.63) is 39.9 Å². The van der Waals surface area contributed by atoms with Crippen LogP contribution in [0.4, 0.5) is 0 Å². The predicted octanol–water partition coefficient (Wildman–Crippen LogP) is 1.72. The normalized spacial score (nSPS) is 12.4. The van der Waals surface area contributed by atoms with E-state index in [4.69, 9.17) is 10.6 Å². The van der Waals surface area contributed by atoms with Crippen LogP contribution in [0.1, 0.15) is 27.6 Å². The van der Waals surface area contributed by atoms with E-state index in [-0.39, 0.29) is 6.04 Å². The minimum atomic E-state index is -0.0883. The van der Waals surface area contributed by atoms with Gasteiger partial charge in [0.15, 0.2) is 0 Å². The molecule has 18 heavy (non-hydrogen) atoms. The second-order valence-corrected chi connectivity index (χ2v) is 4.92. The maximum Gasteiger partial charge on any atom is 0.122 e. The molecule has 0 aliphatic carbocycles. The maximum atomic E-state index is 5.66. The van der Waals surface area contributed by atoms with Gasteiger partial charge in [-0.3, -0.25) is 5.84 Å². The third-order valence-electron chi connectivity index (χ3n) is 2.92. The highest BCUT2D eigenvalue weighted by atomic mass is 32.1. The summed E-state index contributed by atoms with van der Waals surface area (Å²) in [4.78, 5) is 0.991. The van der Waals surface area contributed by atoms with Crippen LogP contribution in [0.5, 0.6) is 5.75 Å². The topological polar surface area (TPSA) is 73.1 Å². The molecule has 0 fully saturated rings. The van der Waals surface area contributed by atoms with Gasteiger partial charge >= 0.3 is 0 Å². The molecule has 0 bridgehead atoms. The van der Waals surface area contributed by atoms with Gasteiger partial charge in [0.1, 0.15) is 5.75 Å². The minimum absolute atomic E-state index is 0.0883. The third kappa shape index (κ3) is 2.35. The van der Waals surface area contributed by atoms with Crippen LogP contribution in [0.15, 0.2) is 18.3 Å². The Labute approximate surface area is 110 Å². The lowest BCUT2D eigenvalue weighted by atomic mass is 9.98. The van der Waals surface area contributed by atoms with Crippen molar-refractivity contribution in [3.8, 4) is 5.75 Å². The van der Waals surface area contributed by atoms with E-state index < -0.39 is 0 Å². The molecule has 0 spiro atoms. The summed E-state index contributed by atoms with van der Waals surface area (Å²) >= 11 is 1.34. The summed E-state index contributed by atoms with van der Waals surface area (Å²) in [5.74, 6) is 6.54. The molecule has 5 nitrogen and oxygen atoms in total. The Bertz CT molecular complexity index is 527. The van der Waals surface area contributed by atoms with Crippen LogP contribution in [0.2, 0.25) is 0 Å². The summed E-state index contributed by atoms with van der Waals surface area (Å²) in [6.07, 6.45) is 1.73. The lowest BCUT2D eigenvalue weighted by molar-refractivity contribution is 0.411. The number of rotatable bonds is 4. The summed E-state index contributed by atoms with van der Waals surface area (Å²) in [6, 6.07) is 4.01. The van der Waals surface area contributed by atoms with Crippen LogP contribution < -0.4 is 16.0 Å². The quantitative estimate of drug-likeness (QED) is 0.649. The monoisotopic (exact) mass is 264 g/mol. The van der Waals surface area contributed by atoms with E-state index in [1.54, 1.807) is 13.3 Å². The number of nitrogens with zero attached hydrogens (tertiary/aromatic N) is 2. The molecule has 1 unspecified atom stereocenters. The molecule has 0 aliphatic heterocycles. The van der Waals surface area contributed by atoms with Gasteiger partial charge in [0.05, 0.1) is 24.2 Å². The summed E-state index contributed by atoms with van der Waals surface area (Å²) in [5.41, 5.74) is 6.13. The third-order valence-corrected chi connectivity index (χ3v) is 3.65. The molecule has 0 aliphatic rings. The van der Waals surface area contributed by atoms with E-state index in [2.05, 4.69) is 21.1 Å². The smallest absolute Gasteiger partial charge is 0.122 e. The highest BCUT2D eigenvalue weighted by Crippen LogP contribution is 2.30. The van der Waals surface area contributed by atoms with Gasteiger partial charge in [-0.05, 0) is 48.1 Å². The fourth-order valence-electron chi connectivity index (χ4n) is 1.97. The first-order chi connectivity index (χ1) is 8.67. The summed E-state index contributed by atoms with van der Waals surface area (Å²) in [7, 11) is 1.67. The number of hydrazine groups is 1. The predicted molar refractivity (Wildman–Crippen MR) is 71.5 cm³/mol. The Morgan fingerprint density at radius 2 is 2.11 bits per heavy atom. The van der Waals surface area contributed by atoms with E-state index >= 15 is 0 Å². The van der Waals surface area contributed by atoms with Gasteiger partial charge in [-0.15, -0.1) is 5.10 Å². The number of aromatic nitrogens is 2. The average Bonchev–Trinajstić information content (AvgIpc) is 2.87. The summed E-state index contributed by atoms with van der Waals surface area (Å²) in [5, 5.41) is 3.85. The van der Waals surface area contributed by atoms with E-state index in [1.807, 2.05) is 19.9 Å². The Hall–Kier alpha value is -1.50. The Morgan fingerprint density at radius 3 is 2.67 bits per heavy atom. The summed E-state index contributed by atoms with van der Waals surface area (Å²) < 4.78 is 9.18. The van der Waals surface area contributed by atoms with Crippen LogP contribution in [0.3, 0.4) is 0 Å². The van der Waals surface area contributed by atoms with E-state index in [0.717, 1.165) is 27.3 Å². The fraction of sp³-hybridized carbons (Fsp3) is 0.333. The molecule has 1 aromatic carbocycles.